The second-order valence-electron chi connectivity index (χ2n) is 7.36. The van der Waals surface area contributed by atoms with Crippen LogP contribution in [0.15, 0.2) is 12.1 Å². The summed E-state index contributed by atoms with van der Waals surface area (Å²) < 4.78 is 44.7. The van der Waals surface area contributed by atoms with Gasteiger partial charge in [-0.05, 0) is 13.8 Å². The fourth-order valence-electron chi connectivity index (χ4n) is 3.68. The number of alkyl halides is 3. The molecule has 8 nitrogen and oxygen atoms in total. The quantitative estimate of drug-likeness (QED) is 0.743. The van der Waals surface area contributed by atoms with Crippen LogP contribution in [-0.4, -0.2) is 72.4 Å². The Labute approximate surface area is 172 Å². The van der Waals surface area contributed by atoms with Crippen LogP contribution >= 0.6 is 0 Å². The average molecular weight is 423 g/mol. The van der Waals surface area contributed by atoms with Gasteiger partial charge in [-0.15, -0.1) is 0 Å². The maximum absolute atomic E-state index is 13.1. The summed E-state index contributed by atoms with van der Waals surface area (Å²) in [6, 6.07) is 3.00. The first kappa shape index (κ1) is 20.6. The van der Waals surface area contributed by atoms with Crippen LogP contribution in [0, 0.1) is 13.8 Å². The van der Waals surface area contributed by atoms with Crippen LogP contribution < -0.4 is 14.7 Å². The zero-order valence-corrected chi connectivity index (χ0v) is 17.0. The molecule has 2 aliphatic rings. The standard InChI is InChI=1S/C19H24F3N7O/c1-13-23-15(19(20,21)22)11-16(24-13)27-3-5-28(6-4-27)17-12-18(26-14(2)25-17)29-7-9-30-10-8-29/h11-12H,3-10H2,1-2H3. The number of hydrogen-bond donors (Lipinski definition) is 0. The van der Waals surface area contributed by atoms with E-state index in [4.69, 9.17) is 4.74 Å². The van der Waals surface area contributed by atoms with E-state index in [0.29, 0.717) is 51.0 Å². The van der Waals surface area contributed by atoms with Crippen molar-refractivity contribution in [2.24, 2.45) is 0 Å². The van der Waals surface area contributed by atoms with E-state index in [1.807, 2.05) is 17.9 Å². The molecule has 4 rings (SSSR count). The van der Waals surface area contributed by atoms with Crippen molar-refractivity contribution in [2.45, 2.75) is 20.0 Å². The average Bonchev–Trinajstić information content (AvgIpc) is 2.73. The van der Waals surface area contributed by atoms with Crippen LogP contribution in [0.1, 0.15) is 17.3 Å². The Morgan fingerprint density at radius 1 is 0.700 bits per heavy atom. The molecule has 11 heteroatoms. The van der Waals surface area contributed by atoms with Crippen LogP contribution in [0.5, 0.6) is 0 Å². The third kappa shape index (κ3) is 4.55. The highest BCUT2D eigenvalue weighted by Crippen LogP contribution is 2.30. The molecule has 0 bridgehead atoms. The predicted octanol–water partition coefficient (Wildman–Crippen LogP) is 2.07. The molecule has 0 radical (unpaired) electrons. The van der Waals surface area contributed by atoms with Gasteiger partial charge in [0, 0.05) is 51.4 Å². The molecule has 0 amide bonds. The second-order valence-corrected chi connectivity index (χ2v) is 7.36. The lowest BCUT2D eigenvalue weighted by Crippen LogP contribution is -2.47. The minimum Gasteiger partial charge on any atom is -0.378 e. The van der Waals surface area contributed by atoms with E-state index in [9.17, 15) is 13.2 Å². The first-order valence-electron chi connectivity index (χ1n) is 9.91. The monoisotopic (exact) mass is 423 g/mol. The van der Waals surface area contributed by atoms with Gasteiger partial charge in [-0.3, -0.25) is 0 Å². The topological polar surface area (TPSA) is 70.5 Å². The Bertz CT molecular complexity index is 894. The van der Waals surface area contributed by atoms with E-state index < -0.39 is 11.9 Å². The van der Waals surface area contributed by atoms with Crippen LogP contribution in [0.4, 0.5) is 30.6 Å². The van der Waals surface area contributed by atoms with Gasteiger partial charge in [0.25, 0.3) is 0 Å². The van der Waals surface area contributed by atoms with Gasteiger partial charge in [-0.2, -0.15) is 13.2 Å². The molecule has 0 aromatic carbocycles. The third-order valence-corrected chi connectivity index (χ3v) is 5.19. The fraction of sp³-hybridized carbons (Fsp3) is 0.579. The predicted molar refractivity (Wildman–Crippen MR) is 106 cm³/mol. The van der Waals surface area contributed by atoms with Crippen molar-refractivity contribution in [3.05, 3.63) is 29.5 Å². The van der Waals surface area contributed by atoms with Gasteiger partial charge in [-0.25, -0.2) is 19.9 Å². The third-order valence-electron chi connectivity index (χ3n) is 5.19. The van der Waals surface area contributed by atoms with Gasteiger partial charge < -0.3 is 19.4 Å². The molecule has 0 unspecified atom stereocenters. The van der Waals surface area contributed by atoms with Crippen molar-refractivity contribution in [3.8, 4) is 0 Å². The summed E-state index contributed by atoms with van der Waals surface area (Å²) in [5.74, 6) is 2.83. The summed E-state index contributed by atoms with van der Waals surface area (Å²) in [4.78, 5) is 23.0. The molecule has 0 N–H and O–H groups in total. The van der Waals surface area contributed by atoms with E-state index in [0.717, 1.165) is 30.8 Å². The van der Waals surface area contributed by atoms with Gasteiger partial charge in [0.15, 0.2) is 0 Å². The molecule has 0 aliphatic carbocycles. The number of aryl methyl sites for hydroxylation is 2. The van der Waals surface area contributed by atoms with Gasteiger partial charge in [0.2, 0.25) is 0 Å². The molecule has 0 saturated carbocycles. The lowest BCUT2D eigenvalue weighted by Gasteiger charge is -2.37. The highest BCUT2D eigenvalue weighted by Gasteiger charge is 2.34. The Balaban J connectivity index is 1.47. The number of halogens is 3. The van der Waals surface area contributed by atoms with E-state index in [-0.39, 0.29) is 5.82 Å². The summed E-state index contributed by atoms with van der Waals surface area (Å²) in [6.07, 6.45) is -4.49. The second kappa shape index (κ2) is 8.21. The van der Waals surface area contributed by atoms with Crippen molar-refractivity contribution < 1.29 is 17.9 Å². The van der Waals surface area contributed by atoms with Crippen LogP contribution in [-0.2, 0) is 10.9 Å². The molecular formula is C19H24F3N7O. The minimum absolute atomic E-state index is 0.115. The van der Waals surface area contributed by atoms with E-state index >= 15 is 0 Å². The number of ether oxygens (including phenoxy) is 1. The summed E-state index contributed by atoms with van der Waals surface area (Å²) in [6.45, 7) is 8.62. The van der Waals surface area contributed by atoms with Crippen molar-refractivity contribution in [1.82, 2.24) is 19.9 Å². The number of hydrogen-bond acceptors (Lipinski definition) is 8. The molecule has 2 saturated heterocycles. The first-order valence-corrected chi connectivity index (χ1v) is 9.91. The molecule has 162 valence electrons. The summed E-state index contributed by atoms with van der Waals surface area (Å²) in [7, 11) is 0. The molecule has 2 aromatic rings. The van der Waals surface area contributed by atoms with Gasteiger partial charge in [-0.1, -0.05) is 0 Å². The Kier molecular flexibility index (Phi) is 5.63. The molecule has 2 aliphatic heterocycles. The lowest BCUT2D eigenvalue weighted by molar-refractivity contribution is -0.141. The molecule has 0 atom stereocenters. The van der Waals surface area contributed by atoms with Gasteiger partial charge in [0.1, 0.15) is 34.8 Å². The molecule has 2 aromatic heterocycles. The normalized spacial score (nSPS) is 18.1. The summed E-state index contributed by atoms with van der Waals surface area (Å²) in [5, 5.41) is 0. The molecule has 30 heavy (non-hydrogen) atoms. The number of anilines is 3. The highest BCUT2D eigenvalue weighted by molar-refractivity contribution is 5.53. The molecule has 4 heterocycles. The van der Waals surface area contributed by atoms with Crippen LogP contribution in [0.25, 0.3) is 0 Å². The number of piperazine rings is 1. The van der Waals surface area contributed by atoms with Crippen LogP contribution in [0.3, 0.4) is 0 Å². The van der Waals surface area contributed by atoms with Crippen molar-refractivity contribution >= 4 is 17.5 Å². The number of rotatable bonds is 3. The maximum Gasteiger partial charge on any atom is 0.433 e. The number of aromatic nitrogens is 4. The molecule has 2 fully saturated rings. The Morgan fingerprint density at radius 3 is 1.63 bits per heavy atom. The SMILES string of the molecule is Cc1nc(N2CCOCC2)cc(N2CCN(c3cc(C(F)(F)F)nc(C)n3)CC2)n1. The van der Waals surface area contributed by atoms with E-state index in [1.165, 1.54) is 6.92 Å². The Hall–Kier alpha value is -2.69. The number of morpholine rings is 1. The van der Waals surface area contributed by atoms with Gasteiger partial charge in [0.05, 0.1) is 13.2 Å². The molecular weight excluding hydrogens is 399 g/mol. The first-order chi connectivity index (χ1) is 14.3. The maximum atomic E-state index is 13.1. The van der Waals surface area contributed by atoms with E-state index in [2.05, 4.69) is 29.7 Å². The van der Waals surface area contributed by atoms with E-state index in [1.54, 1.807) is 0 Å². The lowest BCUT2D eigenvalue weighted by atomic mass is 10.2. The summed E-state index contributed by atoms with van der Waals surface area (Å²) >= 11 is 0. The van der Waals surface area contributed by atoms with Crippen molar-refractivity contribution in [3.63, 3.8) is 0 Å². The van der Waals surface area contributed by atoms with Crippen molar-refractivity contribution in [1.29, 1.82) is 0 Å². The zero-order chi connectivity index (χ0) is 21.3. The van der Waals surface area contributed by atoms with Gasteiger partial charge >= 0.3 is 6.18 Å². The smallest absolute Gasteiger partial charge is 0.378 e. The fourth-order valence-corrected chi connectivity index (χ4v) is 3.68. The van der Waals surface area contributed by atoms with Crippen molar-refractivity contribution in [2.75, 3.05) is 67.2 Å². The van der Waals surface area contributed by atoms with Crippen LogP contribution in [0.2, 0.25) is 0 Å². The minimum atomic E-state index is -4.49. The molecule has 0 spiro atoms. The zero-order valence-electron chi connectivity index (χ0n) is 17.0. The number of nitrogens with zero attached hydrogens (tertiary/aromatic N) is 7. The Morgan fingerprint density at radius 2 is 1.13 bits per heavy atom. The summed E-state index contributed by atoms with van der Waals surface area (Å²) in [5.41, 5.74) is -0.908. The highest BCUT2D eigenvalue weighted by atomic mass is 19.4. The largest absolute Gasteiger partial charge is 0.433 e.